The number of sulfone groups is 1. The number of halogens is 5. The fourth-order valence-corrected chi connectivity index (χ4v) is 5.95. The fraction of sp³-hybridized carbons (Fsp3) is 0.0455. The number of hydrogen-bond donors (Lipinski definition) is 2. The minimum Gasteiger partial charge on any atom is -0.477 e. The van der Waals surface area contributed by atoms with Crippen molar-refractivity contribution in [1.29, 1.82) is 0 Å². The Morgan fingerprint density at radius 1 is 1.00 bits per heavy atom. The Morgan fingerprint density at radius 2 is 1.62 bits per heavy atom. The Balaban J connectivity index is 1.74. The van der Waals surface area contributed by atoms with Gasteiger partial charge in [-0.2, -0.15) is 8.78 Å². The number of nitrogens with one attached hydrogen (secondary N) is 1. The van der Waals surface area contributed by atoms with Crippen LogP contribution < -0.4 is 4.74 Å². The van der Waals surface area contributed by atoms with E-state index in [1.165, 1.54) is 18.3 Å². The lowest BCUT2D eigenvalue weighted by molar-refractivity contribution is -0.166. The topological polar surface area (TPSA) is 96.5 Å². The molecule has 4 aromatic rings. The Bertz CT molecular complexity index is 1510. The summed E-state index contributed by atoms with van der Waals surface area (Å²) in [6.07, 6.45) is 1.31. The van der Waals surface area contributed by atoms with Crippen LogP contribution in [-0.4, -0.2) is 24.5 Å². The van der Waals surface area contributed by atoms with E-state index in [2.05, 4.69) is 36.8 Å². The van der Waals surface area contributed by atoms with E-state index in [0.717, 1.165) is 36.4 Å². The van der Waals surface area contributed by atoms with E-state index in [9.17, 15) is 26.4 Å². The maximum Gasteiger partial charge on any atom is 0.379 e. The van der Waals surface area contributed by atoms with Crippen LogP contribution in [0.15, 0.2) is 79.5 Å². The molecule has 1 aromatic heterocycles. The number of hydrogen-bond acceptors (Lipinski definition) is 4. The van der Waals surface area contributed by atoms with Gasteiger partial charge in [0.1, 0.15) is 11.6 Å². The summed E-state index contributed by atoms with van der Waals surface area (Å²) in [6.45, 7) is 0. The first-order valence-electron chi connectivity index (χ1n) is 9.31. The number of rotatable bonds is 6. The smallest absolute Gasteiger partial charge is 0.379 e. The highest BCUT2D eigenvalue weighted by molar-refractivity contribution is 9.11. The molecule has 3 aromatic carbocycles. The van der Waals surface area contributed by atoms with E-state index >= 15 is 0 Å². The van der Waals surface area contributed by atoms with Crippen molar-refractivity contribution in [3.05, 3.63) is 81.1 Å². The van der Waals surface area contributed by atoms with Crippen molar-refractivity contribution >= 4 is 58.6 Å². The number of fused-ring (bicyclic) bond motifs is 1. The molecule has 0 amide bonds. The zero-order valence-electron chi connectivity index (χ0n) is 16.7. The van der Waals surface area contributed by atoms with Crippen molar-refractivity contribution in [2.75, 3.05) is 0 Å². The number of carbonyl (C=O) groups is 1. The molecule has 6 nitrogen and oxygen atoms in total. The average molecular weight is 619 g/mol. The van der Waals surface area contributed by atoms with Crippen molar-refractivity contribution < 1.29 is 36.2 Å². The minimum atomic E-state index is -4.11. The van der Waals surface area contributed by atoms with E-state index in [0.29, 0.717) is 10.9 Å². The van der Waals surface area contributed by atoms with Crippen LogP contribution in [0.25, 0.3) is 10.9 Å². The first kappa shape index (κ1) is 24.3. The highest BCUT2D eigenvalue weighted by atomic mass is 79.9. The van der Waals surface area contributed by atoms with Gasteiger partial charge in [0.25, 0.3) is 0 Å². The Hall–Kier alpha value is -2.83. The predicted molar refractivity (Wildman–Crippen MR) is 124 cm³/mol. The van der Waals surface area contributed by atoms with Gasteiger partial charge < -0.3 is 14.8 Å². The van der Waals surface area contributed by atoms with Gasteiger partial charge >= 0.3 is 11.9 Å². The maximum atomic E-state index is 13.9. The number of aliphatic carboxylic acids is 1. The average Bonchev–Trinajstić information content (AvgIpc) is 3.20. The molecule has 0 atom stereocenters. The van der Waals surface area contributed by atoms with Crippen LogP contribution in [0, 0.1) is 5.82 Å². The van der Waals surface area contributed by atoms with Crippen molar-refractivity contribution in [2.24, 2.45) is 0 Å². The van der Waals surface area contributed by atoms with Gasteiger partial charge in [-0.1, -0.05) is 0 Å². The predicted octanol–water partition coefficient (Wildman–Crippen LogP) is 6.63. The molecule has 0 spiro atoms. The van der Waals surface area contributed by atoms with E-state index in [1.54, 1.807) is 6.07 Å². The summed E-state index contributed by atoms with van der Waals surface area (Å²) in [6, 6.07) is 10.8. The molecule has 0 aliphatic rings. The monoisotopic (exact) mass is 617 g/mol. The molecule has 0 aliphatic carbocycles. The summed E-state index contributed by atoms with van der Waals surface area (Å²) in [5.74, 6) is -6.73. The third kappa shape index (κ3) is 4.32. The van der Waals surface area contributed by atoms with Crippen LogP contribution in [0.3, 0.4) is 0 Å². The van der Waals surface area contributed by atoms with Crippen LogP contribution >= 0.6 is 31.9 Å². The second-order valence-corrected chi connectivity index (χ2v) is 10.7. The number of aromatic nitrogens is 1. The Morgan fingerprint density at radius 3 is 2.21 bits per heavy atom. The molecule has 34 heavy (non-hydrogen) atoms. The highest BCUT2D eigenvalue weighted by Gasteiger charge is 2.42. The van der Waals surface area contributed by atoms with Crippen LogP contribution in [0.5, 0.6) is 11.5 Å². The SMILES string of the molecule is O=C(O)C(F)(F)c1cc(Br)c(Oc2ccc3[nH]cc(S(=O)(=O)c4ccc(F)cc4)c3c2)c(Br)c1. The van der Waals surface area contributed by atoms with Crippen LogP contribution in [0.4, 0.5) is 13.2 Å². The molecule has 0 aliphatic heterocycles. The maximum absolute atomic E-state index is 13.9. The standard InChI is InChI=1S/C22H12Br2F3NO5S/c23-16-7-11(22(26,27)21(29)30)8-17(24)20(16)33-13-3-6-18-15(9-13)19(10-28-18)34(31,32)14-4-1-12(25)2-5-14/h1-10,28H,(H,29,30). The van der Waals surface area contributed by atoms with E-state index in [1.807, 2.05) is 0 Å². The number of alkyl halides is 2. The lowest BCUT2D eigenvalue weighted by Crippen LogP contribution is -2.25. The Kier molecular flexibility index (Phi) is 6.25. The molecule has 0 saturated carbocycles. The molecular formula is C22H12Br2F3NO5S. The quantitative estimate of drug-likeness (QED) is 0.236. The zero-order chi connectivity index (χ0) is 24.8. The molecular weight excluding hydrogens is 607 g/mol. The Labute approximate surface area is 207 Å². The summed E-state index contributed by atoms with van der Waals surface area (Å²) in [5.41, 5.74) is -0.275. The highest BCUT2D eigenvalue weighted by Crippen LogP contribution is 2.42. The molecule has 0 unspecified atom stereocenters. The van der Waals surface area contributed by atoms with E-state index < -0.39 is 33.1 Å². The minimum absolute atomic E-state index is 0.0473. The number of benzene rings is 3. The van der Waals surface area contributed by atoms with E-state index in [-0.39, 0.29) is 30.2 Å². The van der Waals surface area contributed by atoms with Gasteiger partial charge in [0.15, 0.2) is 5.75 Å². The number of carboxylic acids is 1. The summed E-state index contributed by atoms with van der Waals surface area (Å²) in [5, 5.41) is 9.06. The van der Waals surface area contributed by atoms with Crippen molar-refractivity contribution in [1.82, 2.24) is 4.98 Å². The zero-order valence-corrected chi connectivity index (χ0v) is 20.6. The second-order valence-electron chi connectivity index (χ2n) is 7.07. The molecule has 4 rings (SSSR count). The molecule has 1 heterocycles. The van der Waals surface area contributed by atoms with Gasteiger partial charge in [0.2, 0.25) is 9.84 Å². The van der Waals surface area contributed by atoms with Crippen molar-refractivity contribution in [3.8, 4) is 11.5 Å². The molecule has 0 radical (unpaired) electrons. The van der Waals surface area contributed by atoms with Crippen LogP contribution in [0.2, 0.25) is 0 Å². The van der Waals surface area contributed by atoms with Gasteiger partial charge in [-0.05, 0) is 86.5 Å². The summed E-state index contributed by atoms with van der Waals surface area (Å²) in [7, 11) is -3.99. The summed E-state index contributed by atoms with van der Waals surface area (Å²) >= 11 is 6.22. The molecule has 0 saturated heterocycles. The van der Waals surface area contributed by atoms with Crippen LogP contribution in [0.1, 0.15) is 5.56 Å². The van der Waals surface area contributed by atoms with Gasteiger partial charge in [0, 0.05) is 22.7 Å². The molecule has 176 valence electrons. The normalized spacial score (nSPS) is 12.1. The number of aromatic amines is 1. The number of carboxylic acid groups (broad SMARTS) is 1. The van der Waals surface area contributed by atoms with E-state index in [4.69, 9.17) is 9.84 Å². The first-order chi connectivity index (χ1) is 15.9. The summed E-state index contributed by atoms with van der Waals surface area (Å²) < 4.78 is 73.0. The van der Waals surface area contributed by atoms with Gasteiger partial charge in [-0.3, -0.25) is 0 Å². The largest absolute Gasteiger partial charge is 0.477 e. The third-order valence-electron chi connectivity index (χ3n) is 4.88. The van der Waals surface area contributed by atoms with Crippen molar-refractivity contribution in [2.45, 2.75) is 15.7 Å². The van der Waals surface area contributed by atoms with Crippen molar-refractivity contribution in [3.63, 3.8) is 0 Å². The molecule has 2 N–H and O–H groups in total. The second kappa shape index (κ2) is 8.75. The molecule has 0 fully saturated rings. The fourth-order valence-electron chi connectivity index (χ4n) is 3.18. The molecule has 0 bridgehead atoms. The number of H-pyrrole nitrogens is 1. The lowest BCUT2D eigenvalue weighted by Gasteiger charge is -2.16. The van der Waals surface area contributed by atoms with Gasteiger partial charge in [0.05, 0.1) is 18.7 Å². The number of ether oxygens (including phenoxy) is 1. The molecule has 12 heteroatoms. The van der Waals surface area contributed by atoms with Crippen LogP contribution in [-0.2, 0) is 20.6 Å². The lowest BCUT2D eigenvalue weighted by atomic mass is 10.1. The summed E-state index contributed by atoms with van der Waals surface area (Å²) in [4.78, 5) is 13.6. The van der Waals surface area contributed by atoms with Gasteiger partial charge in [-0.15, -0.1) is 0 Å². The third-order valence-corrected chi connectivity index (χ3v) is 7.87. The van der Waals surface area contributed by atoms with Gasteiger partial charge in [-0.25, -0.2) is 17.6 Å². The first-order valence-corrected chi connectivity index (χ1v) is 12.4.